The molecule has 124 valence electrons. The molecule has 1 unspecified atom stereocenters. The van der Waals surface area contributed by atoms with Crippen molar-refractivity contribution in [3.05, 3.63) is 53.1 Å². The van der Waals surface area contributed by atoms with Crippen molar-refractivity contribution < 1.29 is 9.57 Å². The van der Waals surface area contributed by atoms with Gasteiger partial charge in [0.05, 0.1) is 19.1 Å². The van der Waals surface area contributed by atoms with Gasteiger partial charge in [-0.1, -0.05) is 28.9 Å². The van der Waals surface area contributed by atoms with Crippen LogP contribution >= 0.6 is 11.6 Å². The molecule has 0 radical (unpaired) electrons. The Morgan fingerprint density at radius 3 is 2.67 bits per heavy atom. The van der Waals surface area contributed by atoms with Crippen LogP contribution < -0.4 is 0 Å². The molecule has 0 spiro atoms. The van der Waals surface area contributed by atoms with E-state index < -0.39 is 11.2 Å². The first-order valence-corrected chi connectivity index (χ1v) is 7.79. The van der Waals surface area contributed by atoms with Crippen molar-refractivity contribution in [3.8, 4) is 6.07 Å². The average molecular weight is 345 g/mol. The molecule has 3 rings (SSSR count). The Morgan fingerprint density at radius 1 is 1.33 bits per heavy atom. The predicted molar refractivity (Wildman–Crippen MR) is 89.8 cm³/mol. The van der Waals surface area contributed by atoms with Gasteiger partial charge in [-0.15, -0.1) is 0 Å². The number of ether oxygens (including phenoxy) is 1. The fourth-order valence-corrected chi connectivity index (χ4v) is 3.06. The summed E-state index contributed by atoms with van der Waals surface area (Å²) in [4.78, 5) is 9.72. The van der Waals surface area contributed by atoms with Crippen LogP contribution in [-0.2, 0) is 16.1 Å². The molecule has 0 aliphatic carbocycles. The van der Waals surface area contributed by atoms with Crippen molar-refractivity contribution >= 4 is 17.3 Å². The van der Waals surface area contributed by atoms with Crippen LogP contribution in [0.5, 0.6) is 0 Å². The number of nitrogens with zero attached hydrogens (tertiary/aromatic N) is 4. The maximum Gasteiger partial charge on any atom is 0.173 e. The molecule has 7 heteroatoms. The van der Waals surface area contributed by atoms with Crippen LogP contribution in [-0.4, -0.2) is 33.6 Å². The van der Waals surface area contributed by atoms with E-state index in [1.165, 1.54) is 6.20 Å². The van der Waals surface area contributed by atoms with Gasteiger partial charge in [-0.2, -0.15) is 5.26 Å². The molecule has 24 heavy (non-hydrogen) atoms. The second-order valence-electron chi connectivity index (χ2n) is 6.10. The van der Waals surface area contributed by atoms with Crippen molar-refractivity contribution in [2.45, 2.75) is 31.6 Å². The van der Waals surface area contributed by atoms with Gasteiger partial charge >= 0.3 is 0 Å². The maximum absolute atomic E-state index is 9.25. The van der Waals surface area contributed by atoms with Crippen LogP contribution in [0.2, 0.25) is 5.02 Å². The quantitative estimate of drug-likeness (QED) is 0.854. The van der Waals surface area contributed by atoms with Gasteiger partial charge in [-0.25, -0.2) is 4.98 Å². The Kier molecular flexibility index (Phi) is 4.08. The Morgan fingerprint density at radius 2 is 2.04 bits per heavy atom. The highest BCUT2D eigenvalue weighted by atomic mass is 35.5. The van der Waals surface area contributed by atoms with Crippen LogP contribution in [0.25, 0.3) is 0 Å². The summed E-state index contributed by atoms with van der Waals surface area (Å²) in [6.07, 6.45) is 3.12. The molecule has 0 saturated carbocycles. The van der Waals surface area contributed by atoms with E-state index in [2.05, 4.69) is 16.2 Å². The summed E-state index contributed by atoms with van der Waals surface area (Å²) in [7, 11) is 1.62. The minimum Gasteiger partial charge on any atom is -0.386 e. The lowest BCUT2D eigenvalue weighted by atomic mass is 9.79. The number of benzene rings is 1. The maximum atomic E-state index is 9.25. The van der Waals surface area contributed by atoms with Gasteiger partial charge in [0.1, 0.15) is 17.5 Å². The summed E-state index contributed by atoms with van der Waals surface area (Å²) in [5.74, 6) is 0. The van der Waals surface area contributed by atoms with E-state index in [4.69, 9.17) is 21.2 Å². The first-order valence-electron chi connectivity index (χ1n) is 7.41. The van der Waals surface area contributed by atoms with Gasteiger partial charge in [0.2, 0.25) is 0 Å². The molecule has 1 aliphatic rings. The number of hydrogen-bond acceptors (Lipinski definition) is 5. The van der Waals surface area contributed by atoms with E-state index in [1.807, 2.05) is 26.0 Å². The van der Waals surface area contributed by atoms with Crippen molar-refractivity contribution in [3.63, 3.8) is 0 Å². The van der Waals surface area contributed by atoms with Crippen molar-refractivity contribution in [1.29, 1.82) is 5.26 Å². The number of rotatable bonds is 4. The van der Waals surface area contributed by atoms with E-state index in [9.17, 15) is 5.26 Å². The number of nitriles is 1. The zero-order chi connectivity index (χ0) is 17.4. The highest BCUT2D eigenvalue weighted by Gasteiger charge is 2.57. The highest BCUT2D eigenvalue weighted by Crippen LogP contribution is 2.40. The van der Waals surface area contributed by atoms with Crippen molar-refractivity contribution in [1.82, 2.24) is 9.55 Å². The largest absolute Gasteiger partial charge is 0.386 e. The second-order valence-corrected chi connectivity index (χ2v) is 6.53. The lowest BCUT2D eigenvalue weighted by Gasteiger charge is -2.38. The Bertz CT molecular complexity index is 820. The van der Waals surface area contributed by atoms with Gasteiger partial charge < -0.3 is 14.1 Å². The van der Waals surface area contributed by atoms with Gasteiger partial charge in [-0.05, 0) is 26.0 Å². The van der Waals surface area contributed by atoms with Crippen LogP contribution in [0, 0.1) is 11.3 Å². The molecule has 0 N–H and O–H groups in total. The number of halogens is 1. The van der Waals surface area contributed by atoms with E-state index in [-0.39, 0.29) is 0 Å². The van der Waals surface area contributed by atoms with Gasteiger partial charge in [0.15, 0.2) is 11.2 Å². The fourth-order valence-electron chi connectivity index (χ4n) is 2.94. The van der Waals surface area contributed by atoms with Crippen molar-refractivity contribution in [2.75, 3.05) is 7.11 Å². The summed E-state index contributed by atoms with van der Waals surface area (Å²) >= 11 is 5.98. The van der Waals surface area contributed by atoms with Gasteiger partial charge in [0.25, 0.3) is 0 Å². The summed E-state index contributed by atoms with van der Waals surface area (Å²) < 4.78 is 7.68. The third-order valence-corrected chi connectivity index (χ3v) is 4.66. The molecule has 1 atom stereocenters. The molecule has 0 fully saturated rings. The van der Waals surface area contributed by atoms with Crippen LogP contribution in [0.3, 0.4) is 0 Å². The molecule has 0 amide bonds. The molecular weight excluding hydrogens is 328 g/mol. The number of aromatic nitrogens is 2. The SMILES string of the molecule is COC1(Cn2cncc2C#N)C(c2ccc(Cl)cc2)=NOC1(C)C. The first kappa shape index (κ1) is 16.5. The molecule has 1 aromatic carbocycles. The molecule has 0 saturated heterocycles. The predicted octanol–water partition coefficient (Wildman–Crippen LogP) is 3.01. The molecule has 2 aromatic rings. The summed E-state index contributed by atoms with van der Waals surface area (Å²) in [6, 6.07) is 9.46. The summed E-state index contributed by atoms with van der Waals surface area (Å²) in [5, 5.41) is 14.2. The molecule has 1 aromatic heterocycles. The van der Waals surface area contributed by atoms with E-state index in [0.29, 0.717) is 23.0 Å². The Balaban J connectivity index is 2.08. The fraction of sp³-hybridized carbons (Fsp3) is 0.353. The highest BCUT2D eigenvalue weighted by molar-refractivity contribution is 6.30. The Hall–Kier alpha value is -2.36. The molecule has 6 nitrogen and oxygen atoms in total. The van der Waals surface area contributed by atoms with E-state index in [1.54, 1.807) is 30.1 Å². The molecule has 0 bridgehead atoms. The third-order valence-electron chi connectivity index (χ3n) is 4.41. The number of oxime groups is 1. The monoisotopic (exact) mass is 344 g/mol. The lowest BCUT2D eigenvalue weighted by Crippen LogP contribution is -2.57. The lowest BCUT2D eigenvalue weighted by molar-refractivity contribution is -0.126. The zero-order valence-corrected chi connectivity index (χ0v) is 14.4. The summed E-state index contributed by atoms with van der Waals surface area (Å²) in [6.45, 7) is 4.17. The smallest absolute Gasteiger partial charge is 0.173 e. The normalized spacial score (nSPS) is 21.9. The molecule has 2 heterocycles. The third kappa shape index (κ3) is 2.46. The van der Waals surface area contributed by atoms with Gasteiger partial charge in [0, 0.05) is 17.7 Å². The van der Waals surface area contributed by atoms with Crippen LogP contribution in [0.15, 0.2) is 41.9 Å². The molecule has 1 aliphatic heterocycles. The van der Waals surface area contributed by atoms with Crippen LogP contribution in [0.4, 0.5) is 0 Å². The van der Waals surface area contributed by atoms with Gasteiger partial charge in [-0.3, -0.25) is 0 Å². The topological polar surface area (TPSA) is 72.4 Å². The van der Waals surface area contributed by atoms with Crippen LogP contribution in [0.1, 0.15) is 25.1 Å². The standard InChI is InChI=1S/C17H17ClN4O2/c1-16(2)17(23-3,10-22-11-20-9-14(22)8-19)15(21-24-16)12-4-6-13(18)7-5-12/h4-7,9,11H,10H2,1-3H3. The van der Waals surface area contributed by atoms with E-state index in [0.717, 1.165) is 5.56 Å². The average Bonchev–Trinajstić information content (AvgIpc) is 3.11. The number of methoxy groups -OCH3 is 1. The minimum atomic E-state index is -0.882. The zero-order valence-electron chi connectivity index (χ0n) is 13.7. The summed E-state index contributed by atoms with van der Waals surface area (Å²) in [5.41, 5.74) is 0.347. The Labute approximate surface area is 145 Å². The van der Waals surface area contributed by atoms with E-state index >= 15 is 0 Å². The van der Waals surface area contributed by atoms with Crippen molar-refractivity contribution in [2.24, 2.45) is 5.16 Å². The number of imidazole rings is 1. The number of hydrogen-bond donors (Lipinski definition) is 0. The second kappa shape index (κ2) is 5.93. The first-order chi connectivity index (χ1) is 11.4. The molecular formula is C17H17ClN4O2. The minimum absolute atomic E-state index is 0.348.